The van der Waals surface area contributed by atoms with Crippen LogP contribution in [0.5, 0.6) is 0 Å². The van der Waals surface area contributed by atoms with Gasteiger partial charge < -0.3 is 10.6 Å². The molecule has 162 valence electrons. The molecule has 1 aromatic heterocycles. The van der Waals surface area contributed by atoms with Crippen molar-refractivity contribution in [3.8, 4) is 5.69 Å². The number of nitro groups is 1. The number of hydrogen-bond acceptors (Lipinski definition) is 7. The average molecular weight is 435 g/mol. The number of nitro benzene ring substituents is 1. The van der Waals surface area contributed by atoms with Gasteiger partial charge in [-0.1, -0.05) is 0 Å². The predicted molar refractivity (Wildman–Crippen MR) is 104 cm³/mol. The number of tetrazole rings is 1. The highest BCUT2D eigenvalue weighted by atomic mass is 19.4. The maximum atomic E-state index is 12.8. The van der Waals surface area contributed by atoms with Crippen LogP contribution in [0.3, 0.4) is 0 Å². The first-order chi connectivity index (χ1) is 14.6. The molecule has 0 unspecified atom stereocenters. The minimum Gasteiger partial charge on any atom is -0.379 e. The summed E-state index contributed by atoms with van der Waals surface area (Å²) in [4.78, 5) is 22.3. The topological polar surface area (TPSA) is 128 Å². The zero-order valence-corrected chi connectivity index (χ0v) is 16.1. The molecule has 0 aliphatic carbocycles. The molecule has 0 saturated carbocycles. The average Bonchev–Trinajstić information content (AvgIpc) is 3.21. The molecule has 2 aromatic carbocycles. The first-order valence-corrected chi connectivity index (χ1v) is 8.88. The summed E-state index contributed by atoms with van der Waals surface area (Å²) in [6.45, 7) is 1.80. The van der Waals surface area contributed by atoms with E-state index in [0.29, 0.717) is 11.8 Å². The van der Waals surface area contributed by atoms with Crippen molar-refractivity contribution in [3.05, 3.63) is 64.0 Å². The fourth-order valence-electron chi connectivity index (χ4n) is 2.80. The van der Waals surface area contributed by atoms with Gasteiger partial charge in [0, 0.05) is 24.7 Å². The van der Waals surface area contributed by atoms with Crippen molar-refractivity contribution in [1.82, 2.24) is 20.2 Å². The van der Waals surface area contributed by atoms with Crippen molar-refractivity contribution in [2.24, 2.45) is 0 Å². The van der Waals surface area contributed by atoms with Crippen LogP contribution in [0.25, 0.3) is 5.69 Å². The van der Waals surface area contributed by atoms with Crippen molar-refractivity contribution in [3.63, 3.8) is 0 Å². The molecule has 31 heavy (non-hydrogen) atoms. The van der Waals surface area contributed by atoms with Crippen LogP contribution < -0.4 is 10.6 Å². The summed E-state index contributed by atoms with van der Waals surface area (Å²) in [6, 6.07) is 7.28. The molecule has 0 atom stereocenters. The number of aromatic nitrogens is 4. The molecule has 0 saturated heterocycles. The molecule has 3 aromatic rings. The highest BCUT2D eigenvalue weighted by Gasteiger charge is 2.33. The summed E-state index contributed by atoms with van der Waals surface area (Å²) in [5.74, 6) is -0.378. The number of alkyl halides is 3. The van der Waals surface area contributed by atoms with Crippen molar-refractivity contribution in [1.29, 1.82) is 0 Å². The quantitative estimate of drug-likeness (QED) is 0.430. The number of rotatable bonds is 7. The number of halogens is 3. The molecule has 0 spiro atoms. The second-order valence-electron chi connectivity index (χ2n) is 6.47. The molecule has 3 rings (SSSR count). The smallest absolute Gasteiger partial charge is 0.379 e. The van der Waals surface area contributed by atoms with Crippen LogP contribution in [-0.4, -0.2) is 37.6 Å². The second-order valence-corrected chi connectivity index (χ2v) is 6.47. The number of anilines is 2. The molecule has 13 heteroatoms. The van der Waals surface area contributed by atoms with Gasteiger partial charge in [0.1, 0.15) is 12.0 Å². The lowest BCUT2D eigenvalue weighted by molar-refractivity contribution is -0.384. The lowest BCUT2D eigenvalue weighted by Gasteiger charge is -2.11. The Morgan fingerprint density at radius 2 is 2.00 bits per heavy atom. The third-order valence-electron chi connectivity index (χ3n) is 4.27. The Morgan fingerprint density at radius 1 is 1.23 bits per heavy atom. The Kier molecular flexibility index (Phi) is 6.13. The Balaban J connectivity index is 1.59. The van der Waals surface area contributed by atoms with Gasteiger partial charge in [-0.3, -0.25) is 14.9 Å². The molecule has 10 nitrogen and oxygen atoms in total. The number of carbonyl (C=O) groups excluding carboxylic acids is 1. The summed E-state index contributed by atoms with van der Waals surface area (Å²) in [6.07, 6.45) is -3.32. The molecule has 2 N–H and O–H groups in total. The van der Waals surface area contributed by atoms with Gasteiger partial charge in [0.15, 0.2) is 0 Å². The van der Waals surface area contributed by atoms with E-state index in [1.165, 1.54) is 11.0 Å². The van der Waals surface area contributed by atoms with Gasteiger partial charge in [0.25, 0.3) is 5.69 Å². The van der Waals surface area contributed by atoms with Crippen LogP contribution in [0.15, 0.2) is 42.7 Å². The highest BCUT2D eigenvalue weighted by molar-refractivity contribution is 5.91. The van der Waals surface area contributed by atoms with Gasteiger partial charge in [-0.05, 0) is 53.2 Å². The van der Waals surface area contributed by atoms with E-state index in [0.717, 1.165) is 23.4 Å². The minimum absolute atomic E-state index is 0.0142. The Morgan fingerprint density at radius 3 is 2.61 bits per heavy atom. The van der Waals surface area contributed by atoms with Crippen molar-refractivity contribution >= 4 is 23.0 Å². The van der Waals surface area contributed by atoms with Crippen molar-refractivity contribution in [2.75, 3.05) is 17.2 Å². The normalized spacial score (nSPS) is 11.2. The zero-order chi connectivity index (χ0) is 22.6. The number of carbonyl (C=O) groups is 1. The molecule has 0 aliphatic heterocycles. The lowest BCUT2D eigenvalue weighted by atomic mass is 10.1. The number of amides is 1. The number of benzene rings is 2. The Labute approximate surface area is 173 Å². The summed E-state index contributed by atoms with van der Waals surface area (Å²) in [7, 11) is 0. The van der Waals surface area contributed by atoms with E-state index in [2.05, 4.69) is 26.2 Å². The molecule has 0 radical (unpaired) electrons. The van der Waals surface area contributed by atoms with Gasteiger partial charge >= 0.3 is 6.18 Å². The zero-order valence-electron chi connectivity index (χ0n) is 16.1. The van der Waals surface area contributed by atoms with Gasteiger partial charge in [0.05, 0.1) is 16.2 Å². The van der Waals surface area contributed by atoms with Crippen LogP contribution in [0.2, 0.25) is 0 Å². The third-order valence-corrected chi connectivity index (χ3v) is 4.27. The Bertz CT molecular complexity index is 1100. The predicted octanol–water partition coefficient (Wildman–Crippen LogP) is 3.34. The SMILES string of the molecule is Cc1cc(NC(=O)CCNc2ccc(C(F)(F)F)cc2[N+](=O)[O-])ccc1-n1cnnn1. The highest BCUT2D eigenvalue weighted by Crippen LogP contribution is 2.34. The van der Waals surface area contributed by atoms with E-state index in [-0.39, 0.29) is 24.6 Å². The maximum absolute atomic E-state index is 12.8. The van der Waals surface area contributed by atoms with Crippen LogP contribution in [-0.2, 0) is 11.0 Å². The van der Waals surface area contributed by atoms with E-state index in [9.17, 15) is 28.1 Å². The largest absolute Gasteiger partial charge is 0.416 e. The molecule has 1 amide bonds. The molecule has 0 fully saturated rings. The summed E-state index contributed by atoms with van der Waals surface area (Å²) in [5.41, 5.74) is 0.127. The van der Waals surface area contributed by atoms with Gasteiger partial charge in [-0.25, -0.2) is 4.68 Å². The number of nitrogens with zero attached hydrogens (tertiary/aromatic N) is 5. The van der Waals surface area contributed by atoms with Crippen LogP contribution in [0.1, 0.15) is 17.5 Å². The van der Waals surface area contributed by atoms with Crippen molar-refractivity contribution < 1.29 is 22.9 Å². The first-order valence-electron chi connectivity index (χ1n) is 8.88. The molecule has 0 aliphatic rings. The van der Waals surface area contributed by atoms with Gasteiger partial charge in [-0.15, -0.1) is 5.10 Å². The molecule has 0 bridgehead atoms. The van der Waals surface area contributed by atoms with E-state index in [1.54, 1.807) is 18.2 Å². The molecular formula is C18H16F3N7O3. The van der Waals surface area contributed by atoms with Crippen molar-refractivity contribution in [2.45, 2.75) is 19.5 Å². The standard InChI is InChI=1S/C18H16F3N7O3/c1-11-8-13(3-5-15(11)27-10-23-25-26-27)24-17(29)6-7-22-14-4-2-12(18(19,20)21)9-16(14)28(30)31/h2-5,8-10,22H,6-7H2,1H3,(H,24,29). The maximum Gasteiger partial charge on any atom is 0.416 e. The van der Waals surface area contributed by atoms with Crippen LogP contribution >= 0.6 is 0 Å². The fourth-order valence-corrected chi connectivity index (χ4v) is 2.80. The monoisotopic (exact) mass is 435 g/mol. The van der Waals surface area contributed by atoms with E-state index >= 15 is 0 Å². The van der Waals surface area contributed by atoms with Gasteiger partial charge in [0.2, 0.25) is 5.91 Å². The van der Waals surface area contributed by atoms with Crippen LogP contribution in [0, 0.1) is 17.0 Å². The van der Waals surface area contributed by atoms with Gasteiger partial charge in [-0.2, -0.15) is 13.2 Å². The summed E-state index contributed by atoms with van der Waals surface area (Å²) < 4.78 is 39.7. The van der Waals surface area contributed by atoms with E-state index in [4.69, 9.17) is 0 Å². The fraction of sp³-hybridized carbons (Fsp3) is 0.222. The van der Waals surface area contributed by atoms with Crippen LogP contribution in [0.4, 0.5) is 30.2 Å². The number of hydrogen-bond donors (Lipinski definition) is 2. The third kappa shape index (κ3) is 5.32. The molecular weight excluding hydrogens is 419 g/mol. The second kappa shape index (κ2) is 8.77. The lowest BCUT2D eigenvalue weighted by Crippen LogP contribution is -2.17. The van der Waals surface area contributed by atoms with E-state index in [1.807, 2.05) is 6.92 Å². The number of aryl methyl sites for hydroxylation is 1. The summed E-state index contributed by atoms with van der Waals surface area (Å²) in [5, 5.41) is 27.3. The minimum atomic E-state index is -4.69. The summed E-state index contributed by atoms with van der Waals surface area (Å²) >= 11 is 0. The first kappa shape index (κ1) is 21.7. The molecule has 1 heterocycles. The Hall–Kier alpha value is -4.03. The number of nitrogens with one attached hydrogen (secondary N) is 2. The van der Waals surface area contributed by atoms with E-state index < -0.39 is 22.4 Å².